The van der Waals surface area contributed by atoms with Crippen LogP contribution in [0, 0.1) is 11.6 Å². The molecular weight excluding hydrogens is 296 g/mol. The molecule has 110 valence electrons. The molecule has 0 heterocycles. The molecule has 0 aliphatic heterocycles. The number of hydrogen-bond acceptors (Lipinski definition) is 2. The Morgan fingerprint density at radius 3 is 2.48 bits per heavy atom. The van der Waals surface area contributed by atoms with Crippen molar-refractivity contribution in [2.45, 2.75) is 25.4 Å². The van der Waals surface area contributed by atoms with Gasteiger partial charge >= 0.3 is 0 Å². The van der Waals surface area contributed by atoms with E-state index < -0.39 is 11.6 Å². The van der Waals surface area contributed by atoms with Gasteiger partial charge in [-0.05, 0) is 25.0 Å². The van der Waals surface area contributed by atoms with Crippen molar-refractivity contribution in [1.29, 1.82) is 0 Å². The molecule has 5 heteroatoms. The van der Waals surface area contributed by atoms with Gasteiger partial charge < -0.3 is 10.1 Å². The van der Waals surface area contributed by atoms with Gasteiger partial charge in [-0.3, -0.25) is 0 Å². The smallest absolute Gasteiger partial charge is 0.133 e. The van der Waals surface area contributed by atoms with Gasteiger partial charge in [0.05, 0.1) is 0 Å². The highest BCUT2D eigenvalue weighted by molar-refractivity contribution is 6.30. The number of rotatable bonds is 5. The van der Waals surface area contributed by atoms with Gasteiger partial charge in [-0.15, -0.1) is 0 Å². The van der Waals surface area contributed by atoms with Crippen molar-refractivity contribution in [1.82, 2.24) is 5.32 Å². The molecule has 1 aliphatic rings. The maximum absolute atomic E-state index is 13.2. The van der Waals surface area contributed by atoms with Gasteiger partial charge in [-0.25, -0.2) is 8.78 Å². The third kappa shape index (κ3) is 3.93. The van der Waals surface area contributed by atoms with Crippen molar-refractivity contribution in [2.75, 3.05) is 0 Å². The summed E-state index contributed by atoms with van der Waals surface area (Å²) < 4.78 is 32.0. The second-order valence-corrected chi connectivity index (χ2v) is 5.55. The highest BCUT2D eigenvalue weighted by atomic mass is 35.5. The van der Waals surface area contributed by atoms with Crippen molar-refractivity contribution in [3.63, 3.8) is 0 Å². The number of hydrogen-bond donors (Lipinski definition) is 1. The molecule has 0 bridgehead atoms. The molecule has 21 heavy (non-hydrogen) atoms. The lowest BCUT2D eigenvalue weighted by Gasteiger charge is -2.12. The van der Waals surface area contributed by atoms with E-state index in [1.54, 1.807) is 12.1 Å². The van der Waals surface area contributed by atoms with E-state index in [1.165, 1.54) is 12.8 Å². The predicted octanol–water partition coefficient (Wildman–Crippen LogP) is 4.66. The maximum Gasteiger partial charge on any atom is 0.133 e. The van der Waals surface area contributed by atoms with Crippen LogP contribution in [0.15, 0.2) is 36.4 Å². The van der Waals surface area contributed by atoms with Crippen LogP contribution >= 0.6 is 11.6 Å². The zero-order valence-corrected chi connectivity index (χ0v) is 12.0. The first-order valence-corrected chi connectivity index (χ1v) is 7.14. The van der Waals surface area contributed by atoms with Crippen LogP contribution in [0.5, 0.6) is 11.5 Å². The minimum atomic E-state index is -0.676. The zero-order valence-electron chi connectivity index (χ0n) is 11.2. The van der Waals surface area contributed by atoms with Crippen LogP contribution in [0.4, 0.5) is 8.78 Å². The van der Waals surface area contributed by atoms with Crippen LogP contribution in [0.1, 0.15) is 18.4 Å². The Hall–Kier alpha value is -1.65. The summed E-state index contributed by atoms with van der Waals surface area (Å²) in [6, 6.07) is 8.91. The number of ether oxygens (including phenoxy) is 1. The van der Waals surface area contributed by atoms with Crippen LogP contribution in [0.25, 0.3) is 0 Å². The molecule has 0 aromatic heterocycles. The van der Waals surface area contributed by atoms with E-state index in [1.807, 2.05) is 6.07 Å². The Balaban J connectivity index is 1.83. The number of nitrogens with one attached hydrogen (secondary N) is 1. The zero-order chi connectivity index (χ0) is 14.8. The fourth-order valence-corrected chi connectivity index (χ4v) is 2.19. The molecule has 2 aromatic carbocycles. The molecule has 3 rings (SSSR count). The van der Waals surface area contributed by atoms with E-state index >= 15 is 0 Å². The van der Waals surface area contributed by atoms with Gasteiger partial charge in [-0.2, -0.15) is 0 Å². The quantitative estimate of drug-likeness (QED) is 0.867. The standard InChI is InChI=1S/C16H14ClF2NO/c17-11-2-1-10(9-20-14-3-4-14)16(5-11)21-15-7-12(18)6-13(19)8-15/h1-2,5-8,14,20H,3-4,9H2. The lowest BCUT2D eigenvalue weighted by atomic mass is 10.2. The van der Waals surface area contributed by atoms with E-state index in [4.69, 9.17) is 16.3 Å². The van der Waals surface area contributed by atoms with Gasteiger partial charge in [-0.1, -0.05) is 17.7 Å². The second kappa shape index (κ2) is 6.00. The average Bonchev–Trinajstić information content (AvgIpc) is 3.20. The molecule has 0 radical (unpaired) electrons. The molecule has 2 nitrogen and oxygen atoms in total. The Morgan fingerprint density at radius 2 is 1.81 bits per heavy atom. The fraction of sp³-hybridized carbons (Fsp3) is 0.250. The van der Waals surface area contributed by atoms with Gasteiger partial charge in [0.1, 0.15) is 23.1 Å². The molecule has 0 unspecified atom stereocenters. The lowest BCUT2D eigenvalue weighted by molar-refractivity contribution is 0.460. The second-order valence-electron chi connectivity index (χ2n) is 5.11. The molecule has 0 atom stereocenters. The summed E-state index contributed by atoms with van der Waals surface area (Å²) >= 11 is 5.97. The summed E-state index contributed by atoms with van der Waals surface area (Å²) in [5, 5.41) is 3.88. The van der Waals surface area contributed by atoms with Crippen molar-refractivity contribution in [3.8, 4) is 11.5 Å². The average molecular weight is 310 g/mol. The molecule has 1 N–H and O–H groups in total. The largest absolute Gasteiger partial charge is 0.457 e. The first-order chi connectivity index (χ1) is 10.1. The van der Waals surface area contributed by atoms with Crippen LogP contribution < -0.4 is 10.1 Å². The van der Waals surface area contributed by atoms with E-state index in [2.05, 4.69) is 5.32 Å². The van der Waals surface area contributed by atoms with E-state index in [9.17, 15) is 8.78 Å². The molecular formula is C16H14ClF2NO. The van der Waals surface area contributed by atoms with Crippen molar-refractivity contribution >= 4 is 11.6 Å². The molecule has 0 spiro atoms. The Bertz CT molecular complexity index is 638. The van der Waals surface area contributed by atoms with Crippen LogP contribution in [-0.4, -0.2) is 6.04 Å². The summed E-state index contributed by atoms with van der Waals surface area (Å²) in [7, 11) is 0. The SMILES string of the molecule is Fc1cc(F)cc(Oc2cc(Cl)ccc2CNC2CC2)c1. The third-order valence-corrected chi connectivity index (χ3v) is 3.49. The molecule has 1 saturated carbocycles. The third-order valence-electron chi connectivity index (χ3n) is 3.25. The van der Waals surface area contributed by atoms with Crippen molar-refractivity contribution in [2.24, 2.45) is 0 Å². The first-order valence-electron chi connectivity index (χ1n) is 6.76. The minimum Gasteiger partial charge on any atom is -0.457 e. The summed E-state index contributed by atoms with van der Waals surface area (Å²) in [6.45, 7) is 0.634. The fourth-order valence-electron chi connectivity index (χ4n) is 2.03. The van der Waals surface area contributed by atoms with Crippen LogP contribution in [0.3, 0.4) is 0 Å². The van der Waals surface area contributed by atoms with Crippen molar-refractivity contribution < 1.29 is 13.5 Å². The summed E-state index contributed by atoms with van der Waals surface area (Å²) in [5.74, 6) is -0.738. The summed E-state index contributed by atoms with van der Waals surface area (Å²) in [4.78, 5) is 0. The number of halogens is 3. The van der Waals surface area contributed by atoms with Gasteiger partial charge in [0.25, 0.3) is 0 Å². The molecule has 0 saturated heterocycles. The monoisotopic (exact) mass is 309 g/mol. The van der Waals surface area contributed by atoms with Crippen LogP contribution in [-0.2, 0) is 6.54 Å². The van der Waals surface area contributed by atoms with Crippen molar-refractivity contribution in [3.05, 3.63) is 58.6 Å². The Kier molecular flexibility index (Phi) is 4.08. The highest BCUT2D eigenvalue weighted by Gasteiger charge is 2.20. The molecule has 1 fully saturated rings. The Morgan fingerprint density at radius 1 is 1.10 bits per heavy atom. The minimum absolute atomic E-state index is 0.113. The van der Waals surface area contributed by atoms with Gasteiger partial charge in [0.15, 0.2) is 0 Å². The first kappa shape index (κ1) is 14.3. The van der Waals surface area contributed by atoms with E-state index in [-0.39, 0.29) is 5.75 Å². The summed E-state index contributed by atoms with van der Waals surface area (Å²) in [6.07, 6.45) is 2.36. The lowest BCUT2D eigenvalue weighted by Crippen LogP contribution is -2.15. The van der Waals surface area contributed by atoms with Crippen LogP contribution in [0.2, 0.25) is 5.02 Å². The normalized spacial score (nSPS) is 14.2. The molecule has 2 aromatic rings. The Labute approximate surface area is 126 Å². The van der Waals surface area contributed by atoms with Gasteiger partial charge in [0.2, 0.25) is 0 Å². The van der Waals surface area contributed by atoms with E-state index in [0.717, 1.165) is 23.8 Å². The number of benzene rings is 2. The molecule has 1 aliphatic carbocycles. The summed E-state index contributed by atoms with van der Waals surface area (Å²) in [5.41, 5.74) is 0.899. The molecule has 0 amide bonds. The van der Waals surface area contributed by atoms with E-state index in [0.29, 0.717) is 23.4 Å². The maximum atomic E-state index is 13.2. The predicted molar refractivity (Wildman–Crippen MR) is 77.7 cm³/mol. The highest BCUT2D eigenvalue weighted by Crippen LogP contribution is 2.30. The topological polar surface area (TPSA) is 21.3 Å². The van der Waals surface area contributed by atoms with Gasteiger partial charge in [0, 0.05) is 41.4 Å².